The normalized spacial score (nSPS) is 11.1. The van der Waals surface area contributed by atoms with E-state index in [4.69, 9.17) is 20.2 Å². The molecule has 0 atom stereocenters. The summed E-state index contributed by atoms with van der Waals surface area (Å²) in [5, 5.41) is 10.9. The molecule has 0 radical (unpaired) electrons. The molecule has 0 aromatic heterocycles. The average molecular weight is 296 g/mol. The molecule has 1 rings (SSSR count). The number of hydrogen-bond donors (Lipinski definition) is 0. The summed E-state index contributed by atoms with van der Waals surface area (Å²) >= 11 is 0. The summed E-state index contributed by atoms with van der Waals surface area (Å²) in [7, 11) is 2.30. The maximum absolute atomic E-state index is 11.2. The van der Waals surface area contributed by atoms with Gasteiger partial charge in [0.05, 0.1) is 23.5 Å². The van der Waals surface area contributed by atoms with Crippen LogP contribution in [0.2, 0.25) is 0 Å². The molecule has 0 fully saturated rings. The van der Waals surface area contributed by atoms with Crippen molar-refractivity contribution in [3.05, 3.63) is 22.2 Å². The highest BCUT2D eigenvalue weighted by Crippen LogP contribution is 2.40. The zero-order valence-electron chi connectivity index (χ0n) is 9.54. The predicted molar refractivity (Wildman–Crippen MR) is 63.9 cm³/mol. The van der Waals surface area contributed by atoms with E-state index in [9.17, 15) is 18.5 Å². The lowest BCUT2D eigenvalue weighted by molar-refractivity contribution is -0.386. The first kappa shape index (κ1) is 14.5. The Kier molecular flexibility index (Phi) is 4.36. The molecule has 7 nitrogen and oxygen atoms in total. The third-order valence-corrected chi connectivity index (χ3v) is 3.33. The maximum atomic E-state index is 11.2. The van der Waals surface area contributed by atoms with Gasteiger partial charge in [0.1, 0.15) is 0 Å². The van der Waals surface area contributed by atoms with E-state index in [0.29, 0.717) is 0 Å². The molecule has 0 heterocycles. The third-order valence-electron chi connectivity index (χ3n) is 2.00. The molecule has 0 amide bonds. The van der Waals surface area contributed by atoms with Gasteiger partial charge < -0.3 is 9.47 Å². The van der Waals surface area contributed by atoms with Gasteiger partial charge in [-0.1, -0.05) is 0 Å². The second kappa shape index (κ2) is 5.40. The van der Waals surface area contributed by atoms with Gasteiger partial charge in [0.2, 0.25) is 5.75 Å². The van der Waals surface area contributed by atoms with Gasteiger partial charge >= 0.3 is 5.69 Å². The minimum atomic E-state index is -4.09. The Bertz CT molecular complexity index is 571. The second-order valence-electron chi connectivity index (χ2n) is 3.10. The van der Waals surface area contributed by atoms with Crippen LogP contribution in [0.1, 0.15) is 6.92 Å². The summed E-state index contributed by atoms with van der Waals surface area (Å²) in [5.74, 6) is -0.195. The number of halogens is 1. The smallest absolute Gasteiger partial charge is 0.316 e. The van der Waals surface area contributed by atoms with Crippen molar-refractivity contribution in [1.29, 1.82) is 0 Å². The van der Waals surface area contributed by atoms with E-state index in [2.05, 4.69) is 0 Å². The number of nitrogens with zero attached hydrogens (tertiary/aromatic N) is 1. The first-order valence-electron chi connectivity index (χ1n) is 4.75. The van der Waals surface area contributed by atoms with Crippen molar-refractivity contribution in [2.45, 2.75) is 11.8 Å². The highest BCUT2D eigenvalue weighted by atomic mass is 35.7. The molecule has 0 aliphatic carbocycles. The molecule has 0 saturated heterocycles. The summed E-state index contributed by atoms with van der Waals surface area (Å²) in [5.41, 5.74) is -0.518. The van der Waals surface area contributed by atoms with Gasteiger partial charge in [-0.3, -0.25) is 10.1 Å². The number of rotatable bonds is 5. The summed E-state index contributed by atoms with van der Waals surface area (Å²) in [4.78, 5) is 9.69. The van der Waals surface area contributed by atoms with Crippen LogP contribution in [0.4, 0.5) is 5.69 Å². The lowest BCUT2D eigenvalue weighted by atomic mass is 10.2. The van der Waals surface area contributed by atoms with Crippen molar-refractivity contribution in [1.82, 2.24) is 0 Å². The van der Waals surface area contributed by atoms with Gasteiger partial charge in [-0.15, -0.1) is 0 Å². The predicted octanol–water partition coefficient (Wildman–Crippen LogP) is 1.93. The van der Waals surface area contributed by atoms with Gasteiger partial charge in [0, 0.05) is 22.8 Å². The van der Waals surface area contributed by atoms with Gasteiger partial charge in [-0.05, 0) is 6.92 Å². The van der Waals surface area contributed by atoms with Gasteiger partial charge in [-0.2, -0.15) is 0 Å². The van der Waals surface area contributed by atoms with Crippen LogP contribution in [0.3, 0.4) is 0 Å². The Morgan fingerprint density at radius 2 is 2.06 bits per heavy atom. The van der Waals surface area contributed by atoms with E-state index < -0.39 is 24.6 Å². The highest BCUT2D eigenvalue weighted by molar-refractivity contribution is 8.13. The lowest BCUT2D eigenvalue weighted by Crippen LogP contribution is -2.02. The van der Waals surface area contributed by atoms with Crippen molar-refractivity contribution in [3.8, 4) is 11.5 Å². The number of hydrogen-bond acceptors (Lipinski definition) is 6. The Hall–Kier alpha value is -1.54. The van der Waals surface area contributed by atoms with Gasteiger partial charge in [0.25, 0.3) is 9.05 Å². The molecule has 0 saturated carbocycles. The van der Waals surface area contributed by atoms with Crippen molar-refractivity contribution in [3.63, 3.8) is 0 Å². The lowest BCUT2D eigenvalue weighted by Gasteiger charge is -2.10. The molecule has 18 heavy (non-hydrogen) atoms. The monoisotopic (exact) mass is 295 g/mol. The number of benzene rings is 1. The Morgan fingerprint density at radius 3 is 2.44 bits per heavy atom. The molecule has 0 aliphatic heterocycles. The van der Waals surface area contributed by atoms with Crippen LogP contribution in [-0.4, -0.2) is 27.1 Å². The molecule has 0 unspecified atom stereocenters. The highest BCUT2D eigenvalue weighted by Gasteiger charge is 2.25. The minimum absolute atomic E-state index is 0.0646. The number of ether oxygens (including phenoxy) is 2. The molecule has 0 N–H and O–H groups in total. The van der Waals surface area contributed by atoms with Crippen molar-refractivity contribution in [2.75, 3.05) is 13.7 Å². The van der Waals surface area contributed by atoms with Crippen LogP contribution in [0.15, 0.2) is 17.0 Å². The largest absolute Gasteiger partial charge is 0.493 e. The van der Waals surface area contributed by atoms with Crippen molar-refractivity contribution >= 4 is 25.4 Å². The molecule has 1 aromatic rings. The molecule has 0 spiro atoms. The summed E-state index contributed by atoms with van der Waals surface area (Å²) < 4.78 is 32.3. The first-order chi connectivity index (χ1) is 8.31. The van der Waals surface area contributed by atoms with Crippen LogP contribution in [0.5, 0.6) is 11.5 Å². The van der Waals surface area contributed by atoms with Crippen LogP contribution < -0.4 is 9.47 Å². The fourth-order valence-electron chi connectivity index (χ4n) is 1.28. The van der Waals surface area contributed by atoms with E-state index in [1.165, 1.54) is 7.11 Å². The standard InChI is InChI=1S/C9H10ClNO6S/c1-3-17-9-7(11(12)13)4-6(18(10,14)15)5-8(9)16-2/h4-5H,3H2,1-2H3. The van der Waals surface area contributed by atoms with Gasteiger partial charge in [-0.25, -0.2) is 8.42 Å². The van der Waals surface area contributed by atoms with Crippen LogP contribution in [-0.2, 0) is 9.05 Å². The quantitative estimate of drug-likeness (QED) is 0.468. The topological polar surface area (TPSA) is 95.7 Å². The average Bonchev–Trinajstić information content (AvgIpc) is 2.27. The third kappa shape index (κ3) is 3.02. The fraction of sp³-hybridized carbons (Fsp3) is 0.333. The second-order valence-corrected chi connectivity index (χ2v) is 5.67. The molecule has 0 aliphatic rings. The molecule has 0 bridgehead atoms. The van der Waals surface area contributed by atoms with Gasteiger partial charge in [0.15, 0.2) is 5.75 Å². The summed E-state index contributed by atoms with van der Waals surface area (Å²) in [6, 6.07) is 1.90. The molecule has 1 aromatic carbocycles. The number of methoxy groups -OCH3 is 1. The van der Waals surface area contributed by atoms with E-state index in [1.807, 2.05) is 0 Å². The maximum Gasteiger partial charge on any atom is 0.316 e. The summed E-state index contributed by atoms with van der Waals surface area (Å²) in [6.07, 6.45) is 0. The van der Waals surface area contributed by atoms with Crippen molar-refractivity contribution in [2.24, 2.45) is 0 Å². The van der Waals surface area contributed by atoms with E-state index in [-0.39, 0.29) is 18.1 Å². The zero-order valence-corrected chi connectivity index (χ0v) is 11.1. The van der Waals surface area contributed by atoms with E-state index in [0.717, 1.165) is 12.1 Å². The molecule has 100 valence electrons. The fourth-order valence-corrected chi connectivity index (χ4v) is 2.05. The summed E-state index contributed by atoms with van der Waals surface area (Å²) in [6.45, 7) is 1.81. The number of nitro groups is 1. The molecular formula is C9H10ClNO6S. The first-order valence-corrected chi connectivity index (χ1v) is 7.06. The van der Waals surface area contributed by atoms with Crippen LogP contribution >= 0.6 is 10.7 Å². The van der Waals surface area contributed by atoms with Crippen molar-refractivity contribution < 1.29 is 22.8 Å². The number of nitro benzene ring substituents is 1. The Balaban J connectivity index is 3.58. The van der Waals surface area contributed by atoms with Crippen LogP contribution in [0, 0.1) is 10.1 Å². The SMILES string of the molecule is CCOc1c(OC)cc(S(=O)(=O)Cl)cc1[N+](=O)[O-]. The Labute approximate surface area is 108 Å². The minimum Gasteiger partial charge on any atom is -0.493 e. The van der Waals surface area contributed by atoms with Crippen LogP contribution in [0.25, 0.3) is 0 Å². The molecule has 9 heteroatoms. The molecular weight excluding hydrogens is 286 g/mol. The van der Waals surface area contributed by atoms with E-state index >= 15 is 0 Å². The Morgan fingerprint density at radius 1 is 1.44 bits per heavy atom. The zero-order chi connectivity index (χ0) is 13.9. The van der Waals surface area contributed by atoms with E-state index in [1.54, 1.807) is 6.92 Å².